The molecule has 0 spiro atoms. The maximum absolute atomic E-state index is 10.1. The van der Waals surface area contributed by atoms with Crippen molar-refractivity contribution >= 4 is 5.57 Å². The Morgan fingerprint density at radius 3 is 2.72 bits per heavy atom. The molecule has 1 aliphatic rings. The molecule has 0 atom stereocenters. The number of hydrogen-bond donors (Lipinski definition) is 0. The Kier molecular flexibility index (Phi) is 4.65. The van der Waals surface area contributed by atoms with Crippen LogP contribution in [0.2, 0.25) is 0 Å². The molecule has 0 aliphatic heterocycles. The van der Waals surface area contributed by atoms with Crippen LogP contribution in [0.4, 0.5) is 0 Å². The van der Waals surface area contributed by atoms with Crippen LogP contribution < -0.4 is 0 Å². The van der Waals surface area contributed by atoms with E-state index < -0.39 is 0 Å². The number of rotatable bonds is 5. The summed E-state index contributed by atoms with van der Waals surface area (Å²) in [5.41, 5.74) is 3.83. The first-order valence-electron chi connectivity index (χ1n) is 6.31. The Morgan fingerprint density at radius 1 is 1.11 bits per heavy atom. The fourth-order valence-electron chi connectivity index (χ4n) is 2.05. The second-order valence-electron chi connectivity index (χ2n) is 4.38. The Bertz CT molecular complexity index is 483. The minimum absolute atomic E-state index is 0.413. The van der Waals surface area contributed by atoms with Gasteiger partial charge in [0.1, 0.15) is 0 Å². The first kappa shape index (κ1) is 12.5. The van der Waals surface area contributed by atoms with Crippen molar-refractivity contribution in [2.45, 2.75) is 19.3 Å². The van der Waals surface area contributed by atoms with Crippen molar-refractivity contribution in [3.05, 3.63) is 70.7 Å². The van der Waals surface area contributed by atoms with E-state index in [1.807, 2.05) is 6.07 Å². The highest BCUT2D eigenvalue weighted by molar-refractivity contribution is 5.75. The zero-order valence-electron chi connectivity index (χ0n) is 10.4. The zero-order valence-corrected chi connectivity index (χ0v) is 10.4. The number of benzene rings is 1. The highest BCUT2D eigenvalue weighted by Gasteiger charge is 2.01. The number of nitroso groups, excluding NO2 is 1. The molecule has 0 radical (unpaired) electrons. The Morgan fingerprint density at radius 2 is 1.94 bits per heavy atom. The van der Waals surface area contributed by atoms with Crippen LogP contribution in [0, 0.1) is 4.91 Å². The van der Waals surface area contributed by atoms with Gasteiger partial charge in [-0.3, -0.25) is 0 Å². The molecular formula is C16H17NO. The van der Waals surface area contributed by atoms with Gasteiger partial charge in [0.05, 0.1) is 6.54 Å². The zero-order chi connectivity index (χ0) is 12.6. The van der Waals surface area contributed by atoms with Crippen molar-refractivity contribution in [1.29, 1.82) is 0 Å². The first-order chi connectivity index (χ1) is 8.90. The molecular weight excluding hydrogens is 222 g/mol. The molecule has 0 unspecified atom stereocenters. The summed E-state index contributed by atoms with van der Waals surface area (Å²) in [7, 11) is 0. The van der Waals surface area contributed by atoms with E-state index in [0.29, 0.717) is 6.54 Å². The van der Waals surface area contributed by atoms with Crippen molar-refractivity contribution in [1.82, 2.24) is 0 Å². The molecule has 1 aliphatic carbocycles. The van der Waals surface area contributed by atoms with Crippen LogP contribution in [0.3, 0.4) is 0 Å². The minimum atomic E-state index is 0.413. The highest BCUT2D eigenvalue weighted by atomic mass is 16.3. The molecule has 0 heterocycles. The fourth-order valence-corrected chi connectivity index (χ4v) is 2.05. The third-order valence-electron chi connectivity index (χ3n) is 3.03. The monoisotopic (exact) mass is 239 g/mol. The maximum Gasteiger partial charge on any atom is 0.0814 e. The molecule has 18 heavy (non-hydrogen) atoms. The van der Waals surface area contributed by atoms with E-state index in [1.165, 1.54) is 16.7 Å². The number of hydrogen-bond acceptors (Lipinski definition) is 2. The van der Waals surface area contributed by atoms with Crippen LogP contribution in [0.5, 0.6) is 0 Å². The second-order valence-corrected chi connectivity index (χ2v) is 4.38. The smallest absolute Gasteiger partial charge is 0.0814 e. The molecule has 0 fully saturated rings. The van der Waals surface area contributed by atoms with Gasteiger partial charge in [0.15, 0.2) is 0 Å². The van der Waals surface area contributed by atoms with E-state index in [1.54, 1.807) is 0 Å². The van der Waals surface area contributed by atoms with Crippen LogP contribution in [0.1, 0.15) is 24.8 Å². The highest BCUT2D eigenvalue weighted by Crippen LogP contribution is 2.22. The van der Waals surface area contributed by atoms with Crippen molar-refractivity contribution in [3.63, 3.8) is 0 Å². The largest absolute Gasteiger partial charge is 0.151 e. The summed E-state index contributed by atoms with van der Waals surface area (Å²) in [4.78, 5) is 10.1. The Labute approximate surface area is 108 Å². The number of allylic oxidation sites excluding steroid dienone is 6. The van der Waals surface area contributed by atoms with Crippen LogP contribution in [0.25, 0.3) is 5.57 Å². The summed E-state index contributed by atoms with van der Waals surface area (Å²) in [6.07, 6.45) is 11.4. The van der Waals surface area contributed by atoms with Gasteiger partial charge in [-0.25, -0.2) is 0 Å². The van der Waals surface area contributed by atoms with Crippen LogP contribution in [-0.2, 0) is 0 Å². The Balaban J connectivity index is 2.08. The third-order valence-corrected chi connectivity index (χ3v) is 3.03. The van der Waals surface area contributed by atoms with Gasteiger partial charge in [-0.2, -0.15) is 4.91 Å². The standard InChI is InChI=1S/C16H17NO/c18-17-13-5-7-14-6-4-10-16(12-11-14)15-8-2-1-3-9-15/h1-4,8-12H,5-7,13H2. The van der Waals surface area contributed by atoms with Crippen LogP contribution in [0.15, 0.2) is 65.4 Å². The Hall–Kier alpha value is -1.96. The third kappa shape index (κ3) is 3.52. The average Bonchev–Trinajstić information content (AvgIpc) is 2.66. The summed E-state index contributed by atoms with van der Waals surface area (Å²) in [6, 6.07) is 10.4. The van der Waals surface area contributed by atoms with E-state index in [2.05, 4.69) is 53.7 Å². The molecule has 0 bridgehead atoms. The lowest BCUT2D eigenvalue weighted by Gasteiger charge is -2.00. The lowest BCUT2D eigenvalue weighted by molar-refractivity contribution is 0.807. The average molecular weight is 239 g/mol. The van der Waals surface area contributed by atoms with Gasteiger partial charge >= 0.3 is 0 Å². The molecule has 0 amide bonds. The van der Waals surface area contributed by atoms with Gasteiger partial charge < -0.3 is 0 Å². The van der Waals surface area contributed by atoms with Crippen molar-refractivity contribution in [2.24, 2.45) is 5.18 Å². The molecule has 2 heteroatoms. The van der Waals surface area contributed by atoms with Crippen molar-refractivity contribution in [3.8, 4) is 0 Å². The van der Waals surface area contributed by atoms with E-state index in [4.69, 9.17) is 0 Å². The minimum Gasteiger partial charge on any atom is -0.151 e. The first-order valence-corrected chi connectivity index (χ1v) is 6.31. The predicted octanol–water partition coefficient (Wildman–Crippen LogP) is 4.50. The van der Waals surface area contributed by atoms with Gasteiger partial charge in [-0.1, -0.05) is 65.4 Å². The molecule has 0 aromatic heterocycles. The summed E-state index contributed by atoms with van der Waals surface area (Å²) in [5, 5.41) is 2.90. The molecule has 0 N–H and O–H groups in total. The quantitative estimate of drug-likeness (QED) is 0.549. The molecule has 0 saturated heterocycles. The SMILES string of the molecule is O=NCCCC1=CC=C(c2ccccc2)C=CC1. The molecule has 2 rings (SSSR count). The summed E-state index contributed by atoms with van der Waals surface area (Å²) >= 11 is 0. The second kappa shape index (κ2) is 6.70. The molecule has 92 valence electrons. The van der Waals surface area contributed by atoms with E-state index >= 15 is 0 Å². The van der Waals surface area contributed by atoms with Gasteiger partial charge in [-0.15, -0.1) is 0 Å². The molecule has 1 aromatic carbocycles. The van der Waals surface area contributed by atoms with Crippen LogP contribution >= 0.6 is 0 Å². The van der Waals surface area contributed by atoms with Gasteiger partial charge in [0.2, 0.25) is 0 Å². The van der Waals surface area contributed by atoms with Gasteiger partial charge in [-0.05, 0) is 30.4 Å². The van der Waals surface area contributed by atoms with E-state index in [9.17, 15) is 4.91 Å². The summed E-state index contributed by atoms with van der Waals surface area (Å²) in [6.45, 7) is 0.413. The maximum atomic E-state index is 10.1. The summed E-state index contributed by atoms with van der Waals surface area (Å²) < 4.78 is 0. The lowest BCUT2D eigenvalue weighted by Crippen LogP contribution is -1.84. The summed E-state index contributed by atoms with van der Waals surface area (Å²) in [5.74, 6) is 0. The lowest BCUT2D eigenvalue weighted by atomic mass is 10.1. The van der Waals surface area contributed by atoms with Crippen molar-refractivity contribution < 1.29 is 0 Å². The van der Waals surface area contributed by atoms with Gasteiger partial charge in [0.25, 0.3) is 0 Å². The molecule has 0 saturated carbocycles. The predicted molar refractivity (Wildman–Crippen MR) is 76.2 cm³/mol. The van der Waals surface area contributed by atoms with E-state index in [-0.39, 0.29) is 0 Å². The van der Waals surface area contributed by atoms with Gasteiger partial charge in [0, 0.05) is 0 Å². The topological polar surface area (TPSA) is 29.4 Å². The normalized spacial score (nSPS) is 14.7. The van der Waals surface area contributed by atoms with Crippen LogP contribution in [-0.4, -0.2) is 6.54 Å². The molecule has 2 nitrogen and oxygen atoms in total. The van der Waals surface area contributed by atoms with E-state index in [0.717, 1.165) is 19.3 Å². The van der Waals surface area contributed by atoms with Crippen molar-refractivity contribution in [2.75, 3.05) is 6.54 Å². The fraction of sp³-hybridized carbons (Fsp3) is 0.250. The molecule has 1 aromatic rings. The number of nitrogens with zero attached hydrogens (tertiary/aromatic N) is 1.